The molecule has 0 spiro atoms. The van der Waals surface area contributed by atoms with Crippen LogP contribution in [0.25, 0.3) is 0 Å². The van der Waals surface area contributed by atoms with Crippen LogP contribution in [0.1, 0.15) is 0 Å². The minimum absolute atomic E-state index is 0.208. The molecule has 3 nitrogen and oxygen atoms in total. The van der Waals surface area contributed by atoms with Gasteiger partial charge in [0.25, 0.3) is 0 Å². The molecule has 0 aliphatic carbocycles. The van der Waals surface area contributed by atoms with Crippen LogP contribution in [0.15, 0.2) is 40.8 Å². The van der Waals surface area contributed by atoms with E-state index >= 15 is 0 Å². The molecule has 0 aliphatic heterocycles. The van der Waals surface area contributed by atoms with Gasteiger partial charge in [0, 0.05) is 11.3 Å². The number of ether oxygens (including phenoxy) is 1. The Balaban J connectivity index is 2.77. The van der Waals surface area contributed by atoms with E-state index in [1.54, 1.807) is 12.1 Å². The molecule has 0 radical (unpaired) electrons. The molecular formula is C10H11ClO3S. The largest absolute Gasteiger partial charge is 0.488 e. The maximum atomic E-state index is 11.1. The fourth-order valence-electron chi connectivity index (χ4n) is 0.945. The van der Waals surface area contributed by atoms with E-state index < -0.39 is 9.84 Å². The molecule has 1 aromatic carbocycles. The van der Waals surface area contributed by atoms with Crippen molar-refractivity contribution in [1.82, 2.24) is 0 Å². The number of benzene rings is 1. The zero-order valence-electron chi connectivity index (χ0n) is 8.23. The van der Waals surface area contributed by atoms with E-state index in [1.165, 1.54) is 12.1 Å². The lowest BCUT2D eigenvalue weighted by Crippen LogP contribution is -1.99. The van der Waals surface area contributed by atoms with Crippen LogP contribution >= 0.6 is 11.6 Å². The minimum Gasteiger partial charge on any atom is -0.488 e. The van der Waals surface area contributed by atoms with Gasteiger partial charge in [-0.05, 0) is 24.3 Å². The zero-order valence-corrected chi connectivity index (χ0v) is 9.81. The van der Waals surface area contributed by atoms with Crippen molar-refractivity contribution in [3.8, 4) is 5.75 Å². The van der Waals surface area contributed by atoms with Crippen molar-refractivity contribution in [3.05, 3.63) is 35.9 Å². The van der Waals surface area contributed by atoms with Crippen molar-refractivity contribution in [2.45, 2.75) is 4.90 Å². The summed E-state index contributed by atoms with van der Waals surface area (Å²) >= 11 is 5.52. The van der Waals surface area contributed by atoms with Gasteiger partial charge in [0.1, 0.15) is 12.4 Å². The van der Waals surface area contributed by atoms with Crippen molar-refractivity contribution in [2.75, 3.05) is 12.9 Å². The summed E-state index contributed by atoms with van der Waals surface area (Å²) in [5, 5.41) is 0.391. The molecule has 5 heteroatoms. The van der Waals surface area contributed by atoms with E-state index in [9.17, 15) is 8.42 Å². The Kier molecular flexibility index (Phi) is 3.77. The summed E-state index contributed by atoms with van der Waals surface area (Å²) in [6, 6.07) is 6.13. The monoisotopic (exact) mass is 246 g/mol. The summed E-state index contributed by atoms with van der Waals surface area (Å²) in [6.07, 6.45) is 1.16. The highest BCUT2D eigenvalue weighted by Crippen LogP contribution is 2.16. The van der Waals surface area contributed by atoms with Crippen LogP contribution in [0.3, 0.4) is 0 Å². The highest BCUT2D eigenvalue weighted by atomic mass is 35.5. The van der Waals surface area contributed by atoms with Gasteiger partial charge in [-0.1, -0.05) is 18.2 Å². The SMILES string of the molecule is C=C(Cl)COc1ccc(S(C)(=O)=O)cc1. The number of halogens is 1. The van der Waals surface area contributed by atoms with Gasteiger partial charge in [0.15, 0.2) is 9.84 Å². The Hall–Kier alpha value is -1.00. The molecule has 0 amide bonds. The van der Waals surface area contributed by atoms with Crippen molar-refractivity contribution < 1.29 is 13.2 Å². The quantitative estimate of drug-likeness (QED) is 0.818. The van der Waals surface area contributed by atoms with Gasteiger partial charge in [-0.3, -0.25) is 0 Å². The second kappa shape index (κ2) is 4.68. The van der Waals surface area contributed by atoms with Gasteiger partial charge in [0.05, 0.1) is 4.90 Å². The number of rotatable bonds is 4. The van der Waals surface area contributed by atoms with Crippen LogP contribution in [0.2, 0.25) is 0 Å². The van der Waals surface area contributed by atoms with Gasteiger partial charge in [-0.15, -0.1) is 0 Å². The van der Waals surface area contributed by atoms with Crippen LogP contribution in [0.5, 0.6) is 5.75 Å². The third-order valence-electron chi connectivity index (χ3n) is 1.65. The van der Waals surface area contributed by atoms with Crippen molar-refractivity contribution in [2.24, 2.45) is 0 Å². The highest BCUT2D eigenvalue weighted by Gasteiger charge is 2.06. The summed E-state index contributed by atoms with van der Waals surface area (Å²) < 4.78 is 27.5. The molecule has 0 heterocycles. The van der Waals surface area contributed by atoms with E-state index in [1.807, 2.05) is 0 Å². The van der Waals surface area contributed by atoms with Gasteiger partial charge in [0.2, 0.25) is 0 Å². The number of hydrogen-bond donors (Lipinski definition) is 0. The van der Waals surface area contributed by atoms with Crippen LogP contribution < -0.4 is 4.74 Å². The molecule has 15 heavy (non-hydrogen) atoms. The summed E-state index contributed by atoms with van der Waals surface area (Å²) in [5.74, 6) is 0.559. The van der Waals surface area contributed by atoms with E-state index in [2.05, 4.69) is 6.58 Å². The highest BCUT2D eigenvalue weighted by molar-refractivity contribution is 7.90. The van der Waals surface area contributed by atoms with Crippen LogP contribution in [-0.2, 0) is 9.84 Å². The molecule has 1 aromatic rings. The Morgan fingerprint density at radius 1 is 1.40 bits per heavy atom. The Morgan fingerprint density at radius 2 is 1.93 bits per heavy atom. The number of hydrogen-bond acceptors (Lipinski definition) is 3. The lowest BCUT2D eigenvalue weighted by Gasteiger charge is -2.05. The van der Waals surface area contributed by atoms with Gasteiger partial charge in [-0.25, -0.2) is 8.42 Å². The van der Waals surface area contributed by atoms with E-state index in [-0.39, 0.29) is 11.5 Å². The van der Waals surface area contributed by atoms with Crippen LogP contribution in [-0.4, -0.2) is 21.3 Å². The first-order valence-corrected chi connectivity index (χ1v) is 6.43. The maximum Gasteiger partial charge on any atom is 0.175 e. The first-order valence-electron chi connectivity index (χ1n) is 4.16. The molecular weight excluding hydrogens is 236 g/mol. The number of sulfone groups is 1. The van der Waals surface area contributed by atoms with Crippen molar-refractivity contribution in [3.63, 3.8) is 0 Å². The molecule has 82 valence electrons. The normalized spacial score (nSPS) is 11.1. The van der Waals surface area contributed by atoms with E-state index in [0.29, 0.717) is 10.8 Å². The molecule has 0 unspecified atom stereocenters. The first kappa shape index (κ1) is 12.1. The minimum atomic E-state index is -3.15. The van der Waals surface area contributed by atoms with Crippen molar-refractivity contribution in [1.29, 1.82) is 0 Å². The topological polar surface area (TPSA) is 43.4 Å². The maximum absolute atomic E-state index is 11.1. The lowest BCUT2D eigenvalue weighted by molar-refractivity contribution is 0.359. The van der Waals surface area contributed by atoms with E-state index in [4.69, 9.17) is 16.3 Å². The molecule has 0 fully saturated rings. The standard InChI is InChI=1S/C10H11ClO3S/c1-8(11)7-14-9-3-5-10(6-4-9)15(2,12)13/h3-6H,1,7H2,2H3. The first-order chi connectivity index (χ1) is 6.89. The summed E-state index contributed by atoms with van der Waals surface area (Å²) in [4.78, 5) is 0.263. The average molecular weight is 247 g/mol. The molecule has 0 aromatic heterocycles. The molecule has 0 saturated carbocycles. The summed E-state index contributed by atoms with van der Waals surface area (Å²) in [6.45, 7) is 3.68. The Morgan fingerprint density at radius 3 is 2.33 bits per heavy atom. The second-order valence-corrected chi connectivity index (χ2v) is 5.60. The molecule has 0 bridgehead atoms. The van der Waals surface area contributed by atoms with Crippen LogP contribution in [0.4, 0.5) is 0 Å². The van der Waals surface area contributed by atoms with E-state index in [0.717, 1.165) is 6.26 Å². The van der Waals surface area contributed by atoms with Crippen LogP contribution in [0, 0.1) is 0 Å². The fraction of sp³-hybridized carbons (Fsp3) is 0.200. The average Bonchev–Trinajstić information content (AvgIpc) is 2.14. The Bertz CT molecular complexity index is 448. The smallest absolute Gasteiger partial charge is 0.175 e. The third kappa shape index (κ3) is 3.93. The lowest BCUT2D eigenvalue weighted by atomic mass is 10.3. The molecule has 0 saturated heterocycles. The predicted octanol–water partition coefficient (Wildman–Crippen LogP) is 2.22. The second-order valence-electron chi connectivity index (χ2n) is 3.05. The van der Waals surface area contributed by atoms with Crippen molar-refractivity contribution >= 4 is 21.4 Å². The predicted molar refractivity (Wildman–Crippen MR) is 60.0 cm³/mol. The molecule has 0 aliphatic rings. The molecule has 0 N–H and O–H groups in total. The van der Waals surface area contributed by atoms with Gasteiger partial charge < -0.3 is 4.74 Å². The summed E-state index contributed by atoms with van der Waals surface area (Å²) in [5.41, 5.74) is 0. The molecule has 1 rings (SSSR count). The van der Waals surface area contributed by atoms with Gasteiger partial charge >= 0.3 is 0 Å². The third-order valence-corrected chi connectivity index (χ3v) is 2.88. The van der Waals surface area contributed by atoms with Gasteiger partial charge in [-0.2, -0.15) is 0 Å². The summed E-state index contributed by atoms with van der Waals surface area (Å²) in [7, 11) is -3.15. The fourth-order valence-corrected chi connectivity index (χ4v) is 1.63. The Labute approximate surface area is 94.2 Å². The molecule has 0 atom stereocenters. The zero-order chi connectivity index (χ0) is 11.5.